The number of nitrogens with zero attached hydrogens (tertiary/aromatic N) is 2. The second-order valence-electron chi connectivity index (χ2n) is 10.9. The molecule has 4 rings (SSSR count). The number of amides is 2. The fourth-order valence-electron chi connectivity index (χ4n) is 4.31. The summed E-state index contributed by atoms with van der Waals surface area (Å²) >= 11 is 1.49. The molecule has 0 saturated carbocycles. The van der Waals surface area contributed by atoms with Crippen molar-refractivity contribution in [1.82, 2.24) is 20.6 Å². The summed E-state index contributed by atoms with van der Waals surface area (Å²) < 4.78 is 12.7. The van der Waals surface area contributed by atoms with Gasteiger partial charge in [0.1, 0.15) is 11.7 Å². The molecule has 0 radical (unpaired) electrons. The van der Waals surface area contributed by atoms with Crippen LogP contribution in [0.5, 0.6) is 0 Å². The van der Waals surface area contributed by atoms with Crippen LogP contribution in [-0.4, -0.2) is 57.8 Å². The summed E-state index contributed by atoms with van der Waals surface area (Å²) in [7, 11) is -0.622. The zero-order valence-electron chi connectivity index (χ0n) is 23.5. The van der Waals surface area contributed by atoms with Crippen molar-refractivity contribution in [2.45, 2.75) is 75.0 Å². The second kappa shape index (κ2) is 13.4. The van der Waals surface area contributed by atoms with Gasteiger partial charge in [-0.15, -0.1) is 11.8 Å². The number of rotatable bonds is 12. The number of carbonyl (C=O) groups is 2. The Morgan fingerprint density at radius 3 is 2.20 bits per heavy atom. The van der Waals surface area contributed by atoms with Crippen LogP contribution in [0.4, 0.5) is 0 Å². The summed E-state index contributed by atoms with van der Waals surface area (Å²) in [6.07, 6.45) is 6.66. The predicted molar refractivity (Wildman–Crippen MR) is 158 cm³/mol. The Labute approximate surface area is 241 Å². The molecule has 1 fully saturated rings. The minimum Gasteiger partial charge on any atom is -0.402 e. The summed E-state index contributed by atoms with van der Waals surface area (Å²) in [4.78, 5) is 35.8. The van der Waals surface area contributed by atoms with Crippen molar-refractivity contribution in [3.63, 3.8) is 0 Å². The van der Waals surface area contributed by atoms with Crippen molar-refractivity contribution in [2.75, 3.05) is 5.75 Å². The van der Waals surface area contributed by atoms with Crippen LogP contribution in [0.25, 0.3) is 0 Å². The number of benzene rings is 2. The molecule has 40 heavy (non-hydrogen) atoms. The van der Waals surface area contributed by atoms with E-state index in [9.17, 15) is 9.59 Å². The largest absolute Gasteiger partial charge is 0.481 e. The third-order valence-corrected chi connectivity index (χ3v) is 8.43. The zero-order valence-corrected chi connectivity index (χ0v) is 24.3. The van der Waals surface area contributed by atoms with Crippen LogP contribution in [0.2, 0.25) is 0 Å². The lowest BCUT2D eigenvalue weighted by Gasteiger charge is -2.32. The lowest BCUT2D eigenvalue weighted by Crippen LogP contribution is -2.55. The van der Waals surface area contributed by atoms with Crippen LogP contribution in [0.3, 0.4) is 0 Å². The Bertz CT molecular complexity index is 1230. The van der Waals surface area contributed by atoms with E-state index in [1.807, 2.05) is 76.2 Å². The molecule has 1 aliphatic rings. The fraction of sp³-hybridized carbons (Fsp3) is 0.400. The van der Waals surface area contributed by atoms with Gasteiger partial charge in [0.15, 0.2) is 0 Å². The standard InChI is InChI=1S/C30H37BN4O4S/c1-29(2)30(3,4)39-31(38-29)26(17-11-14-22-12-7-5-8-13-22)35-28(37)25(21-40-23-15-9-6-10-16-23)34-27(36)24-20-32-18-19-33-24/h5-10,12-13,15-16,18-20,25-26H,11,14,17,21H2,1-4H3,(H,34,36)(H,35,37). The van der Waals surface area contributed by atoms with E-state index in [0.717, 1.165) is 17.7 Å². The van der Waals surface area contributed by atoms with Crippen molar-refractivity contribution >= 4 is 30.7 Å². The van der Waals surface area contributed by atoms with Crippen molar-refractivity contribution in [3.05, 3.63) is 90.5 Å². The molecule has 8 nitrogen and oxygen atoms in total. The highest BCUT2D eigenvalue weighted by molar-refractivity contribution is 7.99. The molecule has 2 amide bonds. The predicted octanol–water partition coefficient (Wildman–Crippen LogP) is 4.51. The Kier molecular flexibility index (Phi) is 10.00. The summed E-state index contributed by atoms with van der Waals surface area (Å²) in [6.45, 7) is 7.99. The highest BCUT2D eigenvalue weighted by Gasteiger charge is 2.54. The number of hydrogen-bond donors (Lipinski definition) is 2. The van der Waals surface area contributed by atoms with Crippen molar-refractivity contribution in [3.8, 4) is 0 Å². The van der Waals surface area contributed by atoms with Crippen LogP contribution in [0, 0.1) is 0 Å². The SMILES string of the molecule is CC1(C)OB(C(CCCc2ccccc2)NC(=O)C(CSc2ccccc2)NC(=O)c2cnccn2)OC1(C)C. The summed E-state index contributed by atoms with van der Waals surface area (Å²) in [6, 6.07) is 19.2. The van der Waals surface area contributed by atoms with Gasteiger partial charge < -0.3 is 19.9 Å². The van der Waals surface area contributed by atoms with Crippen molar-refractivity contribution in [2.24, 2.45) is 0 Å². The third-order valence-electron chi connectivity index (χ3n) is 7.33. The highest BCUT2D eigenvalue weighted by Crippen LogP contribution is 2.38. The van der Waals surface area contributed by atoms with Gasteiger partial charge in [-0.05, 0) is 64.7 Å². The van der Waals surface area contributed by atoms with Gasteiger partial charge in [0.25, 0.3) is 5.91 Å². The Hall–Kier alpha value is -3.21. The summed E-state index contributed by atoms with van der Waals surface area (Å²) in [5.74, 6) is -0.838. The minimum absolute atomic E-state index is 0.149. The molecule has 2 heterocycles. The van der Waals surface area contributed by atoms with E-state index in [2.05, 4.69) is 32.7 Å². The quantitative estimate of drug-likeness (QED) is 0.248. The molecule has 2 unspecified atom stereocenters. The lowest BCUT2D eigenvalue weighted by molar-refractivity contribution is -0.122. The van der Waals surface area contributed by atoms with Crippen LogP contribution in [0.15, 0.2) is 84.1 Å². The van der Waals surface area contributed by atoms with Crippen LogP contribution in [-0.2, 0) is 20.5 Å². The first kappa shape index (κ1) is 29.8. The van der Waals surface area contributed by atoms with Gasteiger partial charge in [0.2, 0.25) is 5.91 Å². The molecule has 1 aromatic heterocycles. The molecule has 3 aromatic rings. The first-order chi connectivity index (χ1) is 19.1. The molecule has 2 atom stereocenters. The first-order valence-electron chi connectivity index (χ1n) is 13.6. The van der Waals surface area contributed by atoms with Gasteiger partial charge in [-0.3, -0.25) is 14.6 Å². The second-order valence-corrected chi connectivity index (χ2v) is 12.0. The molecule has 1 aliphatic heterocycles. The molecule has 1 saturated heterocycles. The van der Waals surface area contributed by atoms with E-state index in [1.165, 1.54) is 35.9 Å². The first-order valence-corrected chi connectivity index (χ1v) is 14.6. The lowest BCUT2D eigenvalue weighted by atomic mass is 9.75. The highest BCUT2D eigenvalue weighted by atomic mass is 32.2. The van der Waals surface area contributed by atoms with Gasteiger partial charge in [-0.1, -0.05) is 48.5 Å². The summed E-state index contributed by atoms with van der Waals surface area (Å²) in [5, 5.41) is 6.02. The molecule has 0 aliphatic carbocycles. The van der Waals surface area contributed by atoms with E-state index in [1.54, 1.807) is 0 Å². The average molecular weight is 561 g/mol. The van der Waals surface area contributed by atoms with Crippen LogP contribution in [0.1, 0.15) is 56.6 Å². The van der Waals surface area contributed by atoms with Gasteiger partial charge in [-0.25, -0.2) is 4.98 Å². The average Bonchev–Trinajstić information content (AvgIpc) is 3.18. The van der Waals surface area contributed by atoms with E-state index in [4.69, 9.17) is 9.31 Å². The number of hydrogen-bond acceptors (Lipinski definition) is 7. The maximum Gasteiger partial charge on any atom is 0.481 e. The van der Waals surface area contributed by atoms with E-state index in [0.29, 0.717) is 12.2 Å². The normalized spacial score (nSPS) is 17.1. The number of thioether (sulfide) groups is 1. The van der Waals surface area contributed by atoms with E-state index in [-0.39, 0.29) is 11.6 Å². The Balaban J connectivity index is 1.50. The maximum absolute atomic E-state index is 13.8. The molecule has 0 bridgehead atoms. The smallest absolute Gasteiger partial charge is 0.402 e. The van der Waals surface area contributed by atoms with Crippen LogP contribution < -0.4 is 10.6 Å². The van der Waals surface area contributed by atoms with Gasteiger partial charge >= 0.3 is 7.12 Å². The maximum atomic E-state index is 13.8. The van der Waals surface area contributed by atoms with Gasteiger partial charge in [0, 0.05) is 23.0 Å². The molecular formula is C30H37BN4O4S. The monoisotopic (exact) mass is 560 g/mol. The number of nitrogens with one attached hydrogen (secondary N) is 2. The molecule has 210 valence electrons. The van der Waals surface area contributed by atoms with E-state index >= 15 is 0 Å². The van der Waals surface area contributed by atoms with Gasteiger partial charge in [-0.2, -0.15) is 0 Å². The summed E-state index contributed by atoms with van der Waals surface area (Å²) in [5.41, 5.74) is 0.302. The minimum atomic E-state index is -0.821. The van der Waals surface area contributed by atoms with Crippen molar-refractivity contribution < 1.29 is 18.9 Å². The molecular weight excluding hydrogens is 523 g/mol. The van der Waals surface area contributed by atoms with Crippen molar-refractivity contribution in [1.29, 1.82) is 0 Å². The van der Waals surface area contributed by atoms with Crippen LogP contribution >= 0.6 is 11.8 Å². The van der Waals surface area contributed by atoms with E-state index < -0.39 is 36.2 Å². The van der Waals surface area contributed by atoms with Gasteiger partial charge in [0.05, 0.1) is 23.3 Å². The molecule has 0 spiro atoms. The topological polar surface area (TPSA) is 102 Å². The zero-order chi connectivity index (χ0) is 28.6. The number of carbonyl (C=O) groups excluding carboxylic acids is 2. The molecule has 2 aromatic carbocycles. The fourth-order valence-corrected chi connectivity index (χ4v) is 5.25. The number of aromatic nitrogens is 2. The molecule has 2 N–H and O–H groups in total. The Morgan fingerprint density at radius 1 is 0.925 bits per heavy atom. The molecule has 10 heteroatoms. The third kappa shape index (κ3) is 7.93. The Morgan fingerprint density at radius 2 is 1.57 bits per heavy atom. The number of aryl methyl sites for hydroxylation is 1.